The molecule has 0 saturated heterocycles. The number of nitrogens with two attached hydrogens (primary N) is 1. The maximum Gasteiger partial charge on any atom is 0.305 e. The van der Waals surface area contributed by atoms with Crippen LogP contribution in [0.3, 0.4) is 0 Å². The van der Waals surface area contributed by atoms with E-state index in [9.17, 15) is 4.79 Å². The van der Waals surface area contributed by atoms with E-state index in [1.807, 2.05) is 54.6 Å². The third-order valence-corrected chi connectivity index (χ3v) is 4.17. The molecule has 0 aliphatic rings. The van der Waals surface area contributed by atoms with Gasteiger partial charge in [0.2, 0.25) is 0 Å². The molecule has 4 N–H and O–H groups in total. The molecule has 0 bridgehead atoms. The van der Waals surface area contributed by atoms with Crippen LogP contribution in [0.2, 0.25) is 0 Å². The van der Waals surface area contributed by atoms with Crippen LogP contribution < -0.4 is 5.73 Å². The smallest absolute Gasteiger partial charge is 0.305 e. The van der Waals surface area contributed by atoms with E-state index in [-0.39, 0.29) is 11.8 Å². The number of hydrogen-bond acceptors (Lipinski definition) is 4. The van der Waals surface area contributed by atoms with Gasteiger partial charge in [0.15, 0.2) is 0 Å². The molecule has 0 aliphatic heterocycles. The van der Waals surface area contributed by atoms with Crippen LogP contribution in [0.1, 0.15) is 17.7 Å². The second kappa shape index (κ2) is 7.65. The number of ether oxygens (including phenoxy) is 1. The number of methoxy groups -OCH3 is 1. The molecular formula is C20H20N4O2. The van der Waals surface area contributed by atoms with Gasteiger partial charge in [-0.05, 0) is 23.6 Å². The molecule has 0 spiro atoms. The Balaban J connectivity index is 1.72. The van der Waals surface area contributed by atoms with Crippen LogP contribution in [0, 0.1) is 5.41 Å². The van der Waals surface area contributed by atoms with Crippen molar-refractivity contribution >= 4 is 11.8 Å². The minimum atomic E-state index is -0.235. The molecule has 26 heavy (non-hydrogen) atoms. The van der Waals surface area contributed by atoms with Crippen LogP contribution in [0.25, 0.3) is 22.4 Å². The van der Waals surface area contributed by atoms with Crippen molar-refractivity contribution in [3.05, 3.63) is 65.9 Å². The first-order chi connectivity index (χ1) is 12.6. The van der Waals surface area contributed by atoms with Gasteiger partial charge >= 0.3 is 5.97 Å². The van der Waals surface area contributed by atoms with Gasteiger partial charge in [-0.2, -0.15) is 5.10 Å². The molecule has 6 nitrogen and oxygen atoms in total. The predicted octanol–water partition coefficient (Wildman–Crippen LogP) is 3.13. The minimum absolute atomic E-state index is 0.0634. The molecule has 6 heteroatoms. The van der Waals surface area contributed by atoms with Crippen LogP contribution in [0.15, 0.2) is 54.6 Å². The Morgan fingerprint density at radius 3 is 2.23 bits per heavy atom. The second-order valence-electron chi connectivity index (χ2n) is 5.92. The number of esters is 1. The fourth-order valence-corrected chi connectivity index (χ4v) is 2.65. The second-order valence-corrected chi connectivity index (χ2v) is 5.92. The van der Waals surface area contributed by atoms with E-state index in [4.69, 9.17) is 11.1 Å². The van der Waals surface area contributed by atoms with E-state index >= 15 is 0 Å². The number of nitrogens with zero attached hydrogens (tertiary/aromatic N) is 1. The monoisotopic (exact) mass is 348 g/mol. The van der Waals surface area contributed by atoms with Crippen LogP contribution >= 0.6 is 0 Å². The Kier molecular flexibility index (Phi) is 5.12. The molecule has 1 heterocycles. The quantitative estimate of drug-likeness (QED) is 0.361. The highest BCUT2D eigenvalue weighted by Crippen LogP contribution is 2.24. The first-order valence-corrected chi connectivity index (χ1v) is 8.23. The number of carbonyl (C=O) groups is 1. The number of aryl methyl sites for hydroxylation is 1. The summed E-state index contributed by atoms with van der Waals surface area (Å²) in [5.74, 6) is -0.172. The standard InChI is InChI=1S/C20H20N4O2/c1-26-19(25)11-10-17-12-18(24-23-17)15-6-2-13(3-7-15)14-4-8-16(9-5-14)20(21)22/h2-9,12H,10-11H2,1H3,(H3,21,22)(H,23,24). The van der Waals surface area contributed by atoms with Crippen molar-refractivity contribution < 1.29 is 9.53 Å². The number of nitrogen functional groups attached to an aromatic ring is 1. The van der Waals surface area contributed by atoms with Gasteiger partial charge in [0.05, 0.1) is 19.2 Å². The molecule has 3 rings (SSSR count). The Morgan fingerprint density at radius 2 is 1.65 bits per heavy atom. The number of rotatable bonds is 6. The van der Waals surface area contributed by atoms with Gasteiger partial charge in [0.25, 0.3) is 0 Å². The van der Waals surface area contributed by atoms with E-state index in [2.05, 4.69) is 14.9 Å². The summed E-state index contributed by atoms with van der Waals surface area (Å²) in [6.07, 6.45) is 0.896. The molecule has 0 amide bonds. The van der Waals surface area contributed by atoms with Gasteiger partial charge in [0, 0.05) is 16.8 Å². The van der Waals surface area contributed by atoms with Crippen molar-refractivity contribution in [2.75, 3.05) is 7.11 Å². The zero-order valence-electron chi connectivity index (χ0n) is 14.5. The molecular weight excluding hydrogens is 328 g/mol. The summed E-state index contributed by atoms with van der Waals surface area (Å²) >= 11 is 0. The summed E-state index contributed by atoms with van der Waals surface area (Å²) in [7, 11) is 1.38. The summed E-state index contributed by atoms with van der Waals surface area (Å²) in [6.45, 7) is 0. The van der Waals surface area contributed by atoms with Crippen LogP contribution in [-0.2, 0) is 16.0 Å². The van der Waals surface area contributed by atoms with Crippen molar-refractivity contribution in [3.8, 4) is 22.4 Å². The van der Waals surface area contributed by atoms with Gasteiger partial charge in [-0.25, -0.2) is 0 Å². The summed E-state index contributed by atoms with van der Waals surface area (Å²) in [4.78, 5) is 11.2. The van der Waals surface area contributed by atoms with Crippen molar-refractivity contribution in [2.24, 2.45) is 5.73 Å². The zero-order chi connectivity index (χ0) is 18.5. The van der Waals surface area contributed by atoms with Crippen LogP contribution in [0.5, 0.6) is 0 Å². The Labute approximate surface area is 151 Å². The lowest BCUT2D eigenvalue weighted by molar-refractivity contribution is -0.140. The minimum Gasteiger partial charge on any atom is -0.469 e. The molecule has 3 aromatic rings. The molecule has 0 fully saturated rings. The number of aromatic amines is 1. The van der Waals surface area contributed by atoms with Crippen LogP contribution in [0.4, 0.5) is 0 Å². The predicted molar refractivity (Wildman–Crippen MR) is 101 cm³/mol. The van der Waals surface area contributed by atoms with Gasteiger partial charge < -0.3 is 10.5 Å². The highest BCUT2D eigenvalue weighted by molar-refractivity contribution is 5.95. The fraction of sp³-hybridized carbons (Fsp3) is 0.150. The number of H-pyrrole nitrogens is 1. The van der Waals surface area contributed by atoms with E-state index < -0.39 is 0 Å². The molecule has 132 valence electrons. The van der Waals surface area contributed by atoms with Crippen molar-refractivity contribution in [1.29, 1.82) is 5.41 Å². The van der Waals surface area contributed by atoms with Crippen molar-refractivity contribution in [3.63, 3.8) is 0 Å². The lowest BCUT2D eigenvalue weighted by Crippen LogP contribution is -2.10. The number of carbonyl (C=O) groups excluding carboxylic acids is 1. The number of hydrogen-bond donors (Lipinski definition) is 3. The maximum atomic E-state index is 11.2. The van der Waals surface area contributed by atoms with Crippen molar-refractivity contribution in [1.82, 2.24) is 10.2 Å². The summed E-state index contributed by atoms with van der Waals surface area (Å²) in [5, 5.41) is 14.7. The lowest BCUT2D eigenvalue weighted by atomic mass is 10.0. The average Bonchev–Trinajstić information content (AvgIpc) is 3.15. The molecule has 0 unspecified atom stereocenters. The molecule has 0 radical (unpaired) electrons. The first kappa shape index (κ1) is 17.4. The molecule has 1 aromatic heterocycles. The maximum absolute atomic E-state index is 11.2. The number of nitrogens with one attached hydrogen (secondary N) is 2. The van der Waals surface area contributed by atoms with E-state index in [1.165, 1.54) is 7.11 Å². The molecule has 0 aliphatic carbocycles. The number of benzene rings is 2. The lowest BCUT2D eigenvalue weighted by Gasteiger charge is -2.04. The van der Waals surface area contributed by atoms with Crippen molar-refractivity contribution in [2.45, 2.75) is 12.8 Å². The van der Waals surface area contributed by atoms with Gasteiger partial charge in [0.1, 0.15) is 5.84 Å². The highest BCUT2D eigenvalue weighted by atomic mass is 16.5. The van der Waals surface area contributed by atoms with E-state index in [0.29, 0.717) is 18.4 Å². The summed E-state index contributed by atoms with van der Waals surface area (Å²) in [5.41, 5.74) is 11.1. The van der Waals surface area contributed by atoms with E-state index in [1.54, 1.807) is 0 Å². The van der Waals surface area contributed by atoms with Gasteiger partial charge in [-0.3, -0.25) is 15.3 Å². The summed E-state index contributed by atoms with van der Waals surface area (Å²) in [6, 6.07) is 17.6. The first-order valence-electron chi connectivity index (χ1n) is 8.23. The Hall–Kier alpha value is -3.41. The Morgan fingerprint density at radius 1 is 1.08 bits per heavy atom. The number of aromatic nitrogens is 2. The van der Waals surface area contributed by atoms with Gasteiger partial charge in [-0.15, -0.1) is 0 Å². The fourth-order valence-electron chi connectivity index (χ4n) is 2.65. The molecule has 2 aromatic carbocycles. The third-order valence-electron chi connectivity index (χ3n) is 4.17. The number of amidine groups is 1. The van der Waals surface area contributed by atoms with E-state index in [0.717, 1.165) is 28.1 Å². The molecule has 0 saturated carbocycles. The average molecular weight is 348 g/mol. The SMILES string of the molecule is COC(=O)CCc1cc(-c2ccc(-c3ccc(C(=N)N)cc3)cc2)n[nH]1. The highest BCUT2D eigenvalue weighted by Gasteiger charge is 2.07. The summed E-state index contributed by atoms with van der Waals surface area (Å²) < 4.78 is 4.65. The largest absolute Gasteiger partial charge is 0.469 e. The van der Waals surface area contributed by atoms with Crippen LogP contribution in [-0.4, -0.2) is 29.1 Å². The van der Waals surface area contributed by atoms with Gasteiger partial charge in [-0.1, -0.05) is 48.5 Å². The normalized spacial score (nSPS) is 10.5. The third kappa shape index (κ3) is 3.97. The Bertz CT molecular complexity index is 912. The molecule has 0 atom stereocenters. The zero-order valence-corrected chi connectivity index (χ0v) is 14.5. The topological polar surface area (TPSA) is 105 Å².